The molecule has 0 bridgehead atoms. The summed E-state index contributed by atoms with van der Waals surface area (Å²) in [7, 11) is 0. The molecule has 1 amide bonds. The topological polar surface area (TPSA) is 55.1 Å². The van der Waals surface area contributed by atoms with Crippen molar-refractivity contribution in [3.05, 3.63) is 0 Å². The molecule has 106 valence electrons. The first-order valence-corrected chi connectivity index (χ1v) is 7.42. The fourth-order valence-electron chi connectivity index (χ4n) is 2.74. The summed E-state index contributed by atoms with van der Waals surface area (Å²) in [6.45, 7) is 7.36. The molecule has 0 heterocycles. The van der Waals surface area contributed by atoms with Gasteiger partial charge >= 0.3 is 0 Å². The Hall–Kier alpha value is -0.570. The molecule has 1 aliphatic rings. The van der Waals surface area contributed by atoms with Crippen LogP contribution in [0.4, 0.5) is 0 Å². The maximum absolute atomic E-state index is 11.9. The number of nitrogens with two attached hydrogens (primary N) is 1. The average Bonchev–Trinajstić information content (AvgIpc) is 2.28. The van der Waals surface area contributed by atoms with E-state index >= 15 is 0 Å². The third-order valence-corrected chi connectivity index (χ3v) is 3.89. The quantitative estimate of drug-likeness (QED) is 0.792. The molecule has 0 aliphatic heterocycles. The molecule has 0 radical (unpaired) electrons. The van der Waals surface area contributed by atoms with Crippen LogP contribution in [0.5, 0.6) is 0 Å². The molecule has 1 saturated carbocycles. The van der Waals surface area contributed by atoms with Gasteiger partial charge in [0.25, 0.3) is 0 Å². The molecule has 0 aromatic rings. The Bertz CT molecular complexity index is 258. The molecule has 0 spiro atoms. The van der Waals surface area contributed by atoms with E-state index in [9.17, 15) is 4.79 Å². The van der Waals surface area contributed by atoms with Crippen LogP contribution >= 0.6 is 0 Å². The summed E-state index contributed by atoms with van der Waals surface area (Å²) in [4.78, 5) is 11.9. The van der Waals surface area contributed by atoms with Gasteiger partial charge in [-0.3, -0.25) is 4.79 Å². The van der Waals surface area contributed by atoms with Crippen LogP contribution in [0, 0.1) is 11.3 Å². The van der Waals surface area contributed by atoms with E-state index in [0.717, 1.165) is 19.3 Å². The zero-order chi connectivity index (χ0) is 13.6. The van der Waals surface area contributed by atoms with E-state index < -0.39 is 0 Å². The largest absolute Gasteiger partial charge is 0.353 e. The highest BCUT2D eigenvalue weighted by Crippen LogP contribution is 2.24. The third kappa shape index (κ3) is 5.85. The predicted molar refractivity (Wildman–Crippen MR) is 76.2 cm³/mol. The molecule has 1 fully saturated rings. The molecule has 1 rings (SSSR count). The Morgan fingerprint density at radius 1 is 1.28 bits per heavy atom. The van der Waals surface area contributed by atoms with Crippen LogP contribution < -0.4 is 11.1 Å². The van der Waals surface area contributed by atoms with Crippen LogP contribution in [0.25, 0.3) is 0 Å². The summed E-state index contributed by atoms with van der Waals surface area (Å²) in [5.74, 6) is 0.704. The summed E-state index contributed by atoms with van der Waals surface area (Å²) in [5, 5.41) is 3.19. The van der Waals surface area contributed by atoms with Gasteiger partial charge in [-0.25, -0.2) is 0 Å². The van der Waals surface area contributed by atoms with Crippen molar-refractivity contribution in [3.8, 4) is 0 Å². The molecule has 2 atom stereocenters. The minimum Gasteiger partial charge on any atom is -0.353 e. The first-order valence-electron chi connectivity index (χ1n) is 7.42. The van der Waals surface area contributed by atoms with Crippen molar-refractivity contribution in [2.24, 2.45) is 17.1 Å². The van der Waals surface area contributed by atoms with Crippen LogP contribution in [0.2, 0.25) is 0 Å². The summed E-state index contributed by atoms with van der Waals surface area (Å²) in [6, 6.07) is 0.325. The van der Waals surface area contributed by atoms with Crippen molar-refractivity contribution in [1.29, 1.82) is 0 Å². The van der Waals surface area contributed by atoms with Crippen molar-refractivity contribution in [1.82, 2.24) is 5.32 Å². The molecule has 0 saturated heterocycles. The van der Waals surface area contributed by atoms with E-state index in [-0.39, 0.29) is 5.91 Å². The summed E-state index contributed by atoms with van der Waals surface area (Å²) >= 11 is 0. The van der Waals surface area contributed by atoms with Crippen LogP contribution in [-0.2, 0) is 4.79 Å². The molecule has 2 unspecified atom stereocenters. The lowest BCUT2D eigenvalue weighted by atomic mass is 9.84. The highest BCUT2D eigenvalue weighted by atomic mass is 16.1. The maximum atomic E-state index is 11.9. The number of nitrogens with one attached hydrogen (secondary N) is 1. The Balaban J connectivity index is 2.26. The standard InChI is InChI=1S/C15H30N2O/c1-15(2,3)10-6-9-14(18)17-13-8-5-4-7-12(13)11-16/h12-13H,4-11,16H2,1-3H3,(H,17,18). The van der Waals surface area contributed by atoms with Gasteiger partial charge in [0.1, 0.15) is 0 Å². The van der Waals surface area contributed by atoms with Gasteiger partial charge in [-0.15, -0.1) is 0 Å². The number of rotatable bonds is 5. The SMILES string of the molecule is CC(C)(C)CCCC(=O)NC1CCCCC1CN. The lowest BCUT2D eigenvalue weighted by Gasteiger charge is -2.31. The van der Waals surface area contributed by atoms with E-state index in [1.54, 1.807) is 0 Å². The second-order valence-corrected chi connectivity index (χ2v) is 6.87. The van der Waals surface area contributed by atoms with Crippen LogP contribution in [0.15, 0.2) is 0 Å². The second-order valence-electron chi connectivity index (χ2n) is 6.87. The van der Waals surface area contributed by atoms with Crippen molar-refractivity contribution in [2.75, 3.05) is 6.54 Å². The Kier molecular flexibility index (Phi) is 6.13. The Morgan fingerprint density at radius 2 is 1.94 bits per heavy atom. The first-order chi connectivity index (χ1) is 8.42. The van der Waals surface area contributed by atoms with E-state index in [2.05, 4.69) is 26.1 Å². The minimum absolute atomic E-state index is 0.213. The Labute approximate surface area is 112 Å². The number of carbonyl (C=O) groups is 1. The van der Waals surface area contributed by atoms with Gasteiger partial charge < -0.3 is 11.1 Å². The normalized spacial score (nSPS) is 24.9. The fourth-order valence-corrected chi connectivity index (χ4v) is 2.74. The lowest BCUT2D eigenvalue weighted by molar-refractivity contribution is -0.122. The molecule has 0 aromatic heterocycles. The van der Waals surface area contributed by atoms with E-state index in [1.807, 2.05) is 0 Å². The molecule has 18 heavy (non-hydrogen) atoms. The van der Waals surface area contributed by atoms with Gasteiger partial charge in [-0.2, -0.15) is 0 Å². The van der Waals surface area contributed by atoms with Gasteiger partial charge in [0.05, 0.1) is 0 Å². The van der Waals surface area contributed by atoms with Crippen LogP contribution in [0.3, 0.4) is 0 Å². The van der Waals surface area contributed by atoms with Crippen LogP contribution in [-0.4, -0.2) is 18.5 Å². The molecule has 1 aliphatic carbocycles. The monoisotopic (exact) mass is 254 g/mol. The number of amides is 1. The van der Waals surface area contributed by atoms with Gasteiger partial charge in [-0.1, -0.05) is 33.6 Å². The predicted octanol–water partition coefficient (Wildman–Crippen LogP) is 2.84. The summed E-state index contributed by atoms with van der Waals surface area (Å²) in [5.41, 5.74) is 6.10. The Morgan fingerprint density at radius 3 is 2.56 bits per heavy atom. The summed E-state index contributed by atoms with van der Waals surface area (Å²) < 4.78 is 0. The number of hydrogen-bond acceptors (Lipinski definition) is 2. The molecular weight excluding hydrogens is 224 g/mol. The smallest absolute Gasteiger partial charge is 0.220 e. The molecule has 0 aromatic carbocycles. The summed E-state index contributed by atoms with van der Waals surface area (Å²) in [6.07, 6.45) is 7.50. The van der Waals surface area contributed by atoms with Crippen molar-refractivity contribution >= 4 is 5.91 Å². The maximum Gasteiger partial charge on any atom is 0.220 e. The second kappa shape index (κ2) is 7.13. The van der Waals surface area contributed by atoms with Gasteiger partial charge in [0.15, 0.2) is 0 Å². The van der Waals surface area contributed by atoms with Crippen molar-refractivity contribution in [2.45, 2.75) is 71.8 Å². The minimum atomic E-state index is 0.213. The average molecular weight is 254 g/mol. The van der Waals surface area contributed by atoms with E-state index in [4.69, 9.17) is 5.73 Å². The molecule has 3 heteroatoms. The fraction of sp³-hybridized carbons (Fsp3) is 0.933. The highest BCUT2D eigenvalue weighted by molar-refractivity contribution is 5.76. The van der Waals surface area contributed by atoms with Crippen LogP contribution in [0.1, 0.15) is 65.7 Å². The molecule has 3 N–H and O–H groups in total. The first kappa shape index (κ1) is 15.5. The number of hydrogen-bond donors (Lipinski definition) is 2. The molecule has 3 nitrogen and oxygen atoms in total. The van der Waals surface area contributed by atoms with Crippen molar-refractivity contribution in [3.63, 3.8) is 0 Å². The third-order valence-electron chi connectivity index (χ3n) is 3.89. The van der Waals surface area contributed by atoms with E-state index in [1.165, 1.54) is 19.3 Å². The zero-order valence-corrected chi connectivity index (χ0v) is 12.3. The zero-order valence-electron chi connectivity index (χ0n) is 12.3. The van der Waals surface area contributed by atoms with Gasteiger partial charge in [0.2, 0.25) is 5.91 Å². The van der Waals surface area contributed by atoms with Gasteiger partial charge in [0, 0.05) is 12.5 Å². The lowest BCUT2D eigenvalue weighted by Crippen LogP contribution is -2.44. The highest BCUT2D eigenvalue weighted by Gasteiger charge is 2.25. The molecular formula is C15H30N2O. The van der Waals surface area contributed by atoms with Crippen molar-refractivity contribution < 1.29 is 4.79 Å². The van der Waals surface area contributed by atoms with E-state index in [0.29, 0.717) is 30.3 Å². The van der Waals surface area contributed by atoms with Gasteiger partial charge in [-0.05, 0) is 43.6 Å². The number of carbonyl (C=O) groups excluding carboxylic acids is 1.